The number of hydrogen-bond acceptors (Lipinski definition) is 2. The zero-order valence-corrected chi connectivity index (χ0v) is 10.6. The Labute approximate surface area is 101 Å². The third-order valence-electron chi connectivity index (χ3n) is 2.26. The van der Waals surface area contributed by atoms with E-state index in [0.717, 1.165) is 12.1 Å². The van der Waals surface area contributed by atoms with Gasteiger partial charge >= 0.3 is 0 Å². The Morgan fingerprint density at radius 3 is 2.69 bits per heavy atom. The number of halogens is 1. The molecule has 1 amide bonds. The number of amides is 1. The van der Waals surface area contributed by atoms with Crippen molar-refractivity contribution in [1.82, 2.24) is 10.2 Å². The summed E-state index contributed by atoms with van der Waals surface area (Å²) < 4.78 is 0. The molecule has 0 radical (unpaired) electrons. The summed E-state index contributed by atoms with van der Waals surface area (Å²) in [5.41, 5.74) is 1.57. The van der Waals surface area contributed by atoms with E-state index in [4.69, 9.17) is 11.6 Å². The van der Waals surface area contributed by atoms with E-state index in [1.807, 2.05) is 25.9 Å². The maximum Gasteiger partial charge on any atom is 0.251 e. The molecule has 1 N–H and O–H groups in total. The molecule has 1 aromatic rings. The van der Waals surface area contributed by atoms with Gasteiger partial charge in [0, 0.05) is 23.7 Å². The van der Waals surface area contributed by atoms with Crippen molar-refractivity contribution in [1.29, 1.82) is 0 Å². The molecule has 16 heavy (non-hydrogen) atoms. The number of aryl methyl sites for hydroxylation is 1. The molecule has 1 rings (SSSR count). The van der Waals surface area contributed by atoms with Gasteiger partial charge in [0.1, 0.15) is 0 Å². The second-order valence-electron chi connectivity index (χ2n) is 4.02. The maximum absolute atomic E-state index is 11.7. The first kappa shape index (κ1) is 13.0. The number of rotatable bonds is 4. The smallest absolute Gasteiger partial charge is 0.251 e. The number of nitrogens with zero attached hydrogens (tertiary/aromatic N) is 1. The van der Waals surface area contributed by atoms with Crippen LogP contribution in [0, 0.1) is 6.92 Å². The van der Waals surface area contributed by atoms with E-state index in [-0.39, 0.29) is 5.91 Å². The van der Waals surface area contributed by atoms with Gasteiger partial charge in [-0.3, -0.25) is 4.79 Å². The summed E-state index contributed by atoms with van der Waals surface area (Å²) in [4.78, 5) is 13.7. The highest BCUT2D eigenvalue weighted by molar-refractivity contribution is 6.31. The van der Waals surface area contributed by atoms with Crippen LogP contribution in [0.15, 0.2) is 18.2 Å². The maximum atomic E-state index is 11.7. The summed E-state index contributed by atoms with van der Waals surface area (Å²) in [5.74, 6) is -0.0541. The molecule has 0 unspecified atom stereocenters. The molecule has 0 saturated carbocycles. The van der Waals surface area contributed by atoms with Crippen molar-refractivity contribution in [3.05, 3.63) is 34.3 Å². The molecule has 0 aromatic heterocycles. The average molecular weight is 241 g/mol. The van der Waals surface area contributed by atoms with Crippen molar-refractivity contribution in [2.24, 2.45) is 0 Å². The quantitative estimate of drug-likeness (QED) is 0.873. The fourth-order valence-corrected chi connectivity index (χ4v) is 1.40. The van der Waals surface area contributed by atoms with Gasteiger partial charge in [0.2, 0.25) is 0 Å². The van der Waals surface area contributed by atoms with E-state index in [0.29, 0.717) is 17.1 Å². The second kappa shape index (κ2) is 5.87. The molecule has 4 heteroatoms. The fraction of sp³-hybridized carbons (Fsp3) is 0.417. The van der Waals surface area contributed by atoms with Gasteiger partial charge in [-0.05, 0) is 44.8 Å². The zero-order valence-electron chi connectivity index (χ0n) is 9.88. The predicted molar refractivity (Wildman–Crippen MR) is 67.1 cm³/mol. The highest BCUT2D eigenvalue weighted by Crippen LogP contribution is 2.15. The van der Waals surface area contributed by atoms with Crippen LogP contribution in [0.3, 0.4) is 0 Å². The molecule has 3 nitrogen and oxygen atoms in total. The van der Waals surface area contributed by atoms with E-state index in [1.54, 1.807) is 18.2 Å². The standard InChI is InChI=1S/C12H17ClN2O/c1-9-8-10(4-5-11(9)13)12(16)14-6-7-15(2)3/h4-5,8H,6-7H2,1-3H3,(H,14,16). The summed E-state index contributed by atoms with van der Waals surface area (Å²) in [6.45, 7) is 3.37. The summed E-state index contributed by atoms with van der Waals surface area (Å²) in [6, 6.07) is 5.28. The lowest BCUT2D eigenvalue weighted by molar-refractivity contribution is 0.0951. The molecule has 0 fully saturated rings. The van der Waals surface area contributed by atoms with Crippen LogP contribution < -0.4 is 5.32 Å². The number of nitrogens with one attached hydrogen (secondary N) is 1. The first-order valence-electron chi connectivity index (χ1n) is 5.20. The molecule has 0 bridgehead atoms. The first-order valence-corrected chi connectivity index (χ1v) is 5.57. The molecular formula is C12H17ClN2O. The normalized spacial score (nSPS) is 10.6. The first-order chi connectivity index (χ1) is 7.50. The Bertz CT molecular complexity index is 377. The van der Waals surface area contributed by atoms with E-state index in [2.05, 4.69) is 5.32 Å². The van der Waals surface area contributed by atoms with Crippen molar-refractivity contribution < 1.29 is 4.79 Å². The molecule has 0 saturated heterocycles. The second-order valence-corrected chi connectivity index (χ2v) is 4.43. The van der Waals surface area contributed by atoms with Crippen LogP contribution in [0.5, 0.6) is 0 Å². The van der Waals surface area contributed by atoms with Gasteiger partial charge in [-0.2, -0.15) is 0 Å². The van der Waals surface area contributed by atoms with Gasteiger partial charge in [0.15, 0.2) is 0 Å². The minimum atomic E-state index is -0.0541. The predicted octanol–water partition coefficient (Wildman–Crippen LogP) is 1.94. The number of likely N-dealkylation sites (N-methyl/N-ethyl adjacent to an activating group) is 1. The SMILES string of the molecule is Cc1cc(C(=O)NCCN(C)C)ccc1Cl. The molecule has 0 atom stereocenters. The summed E-state index contributed by atoms with van der Waals surface area (Å²) >= 11 is 5.89. The lowest BCUT2D eigenvalue weighted by Gasteiger charge is -2.10. The molecule has 0 spiro atoms. The Morgan fingerprint density at radius 2 is 2.12 bits per heavy atom. The lowest BCUT2D eigenvalue weighted by Crippen LogP contribution is -2.31. The largest absolute Gasteiger partial charge is 0.351 e. The summed E-state index contributed by atoms with van der Waals surface area (Å²) in [6.07, 6.45) is 0. The number of carbonyl (C=O) groups excluding carboxylic acids is 1. The van der Waals surface area contributed by atoms with Crippen molar-refractivity contribution >= 4 is 17.5 Å². The molecule has 1 aromatic carbocycles. The monoisotopic (exact) mass is 240 g/mol. The highest BCUT2D eigenvalue weighted by atomic mass is 35.5. The zero-order chi connectivity index (χ0) is 12.1. The topological polar surface area (TPSA) is 32.3 Å². The van der Waals surface area contributed by atoms with Crippen LogP contribution in [0.1, 0.15) is 15.9 Å². The Morgan fingerprint density at radius 1 is 1.44 bits per heavy atom. The minimum absolute atomic E-state index is 0.0541. The van der Waals surface area contributed by atoms with Crippen LogP contribution in [-0.2, 0) is 0 Å². The van der Waals surface area contributed by atoms with Crippen molar-refractivity contribution in [3.63, 3.8) is 0 Å². The van der Waals surface area contributed by atoms with E-state index < -0.39 is 0 Å². The van der Waals surface area contributed by atoms with Gasteiger partial charge in [-0.25, -0.2) is 0 Å². The van der Waals surface area contributed by atoms with Gasteiger partial charge in [0.25, 0.3) is 5.91 Å². The van der Waals surface area contributed by atoms with Crippen molar-refractivity contribution in [3.8, 4) is 0 Å². The third kappa shape index (κ3) is 3.83. The van der Waals surface area contributed by atoms with E-state index >= 15 is 0 Å². The van der Waals surface area contributed by atoms with Crippen LogP contribution in [0.25, 0.3) is 0 Å². The van der Waals surface area contributed by atoms with Crippen molar-refractivity contribution in [2.75, 3.05) is 27.2 Å². The summed E-state index contributed by atoms with van der Waals surface area (Å²) in [5, 5.41) is 3.54. The van der Waals surface area contributed by atoms with Crippen molar-refractivity contribution in [2.45, 2.75) is 6.92 Å². The molecule has 0 aliphatic carbocycles. The minimum Gasteiger partial charge on any atom is -0.351 e. The van der Waals surface area contributed by atoms with E-state index in [9.17, 15) is 4.79 Å². The van der Waals surface area contributed by atoms with Gasteiger partial charge in [-0.1, -0.05) is 11.6 Å². The van der Waals surface area contributed by atoms with Gasteiger partial charge < -0.3 is 10.2 Å². The molecule has 88 valence electrons. The number of benzene rings is 1. The number of hydrogen-bond donors (Lipinski definition) is 1. The molecule has 0 aliphatic rings. The summed E-state index contributed by atoms with van der Waals surface area (Å²) in [7, 11) is 3.94. The van der Waals surface area contributed by atoms with Gasteiger partial charge in [0.05, 0.1) is 0 Å². The number of carbonyl (C=O) groups is 1. The molecular weight excluding hydrogens is 224 g/mol. The molecule has 0 heterocycles. The highest BCUT2D eigenvalue weighted by Gasteiger charge is 2.06. The Hall–Kier alpha value is -1.06. The van der Waals surface area contributed by atoms with Crippen LogP contribution >= 0.6 is 11.6 Å². The third-order valence-corrected chi connectivity index (χ3v) is 2.69. The van der Waals surface area contributed by atoms with E-state index in [1.165, 1.54) is 0 Å². The molecule has 0 aliphatic heterocycles. The Kier molecular flexibility index (Phi) is 4.77. The van der Waals surface area contributed by atoms with Crippen LogP contribution in [-0.4, -0.2) is 38.0 Å². The Balaban J connectivity index is 2.56. The van der Waals surface area contributed by atoms with Crippen LogP contribution in [0.4, 0.5) is 0 Å². The van der Waals surface area contributed by atoms with Crippen LogP contribution in [0.2, 0.25) is 5.02 Å². The fourth-order valence-electron chi connectivity index (χ4n) is 1.28. The lowest BCUT2D eigenvalue weighted by atomic mass is 10.1. The average Bonchev–Trinajstić information content (AvgIpc) is 2.21. The van der Waals surface area contributed by atoms with Gasteiger partial charge in [-0.15, -0.1) is 0 Å².